The first kappa shape index (κ1) is 9.43. The number of hydrogen-bond donors (Lipinski definition) is 0. The number of rotatable bonds is 1. The highest BCUT2D eigenvalue weighted by Crippen LogP contribution is 2.34. The molecule has 0 N–H and O–H groups in total. The maximum Gasteiger partial charge on any atom is 0.0407 e. The fraction of sp³-hybridized carbons (Fsp3) is 1.00. The summed E-state index contributed by atoms with van der Waals surface area (Å²) < 4.78 is 0. The SMILES string of the molecule is C[Si][Si](C)(C)C(C)(C)C. The molecule has 0 aliphatic carbocycles. The van der Waals surface area contributed by atoms with Crippen LogP contribution in [0.15, 0.2) is 0 Å². The van der Waals surface area contributed by atoms with Gasteiger partial charge in [0.1, 0.15) is 0 Å². The zero-order chi connectivity index (χ0) is 7.71. The van der Waals surface area contributed by atoms with Gasteiger partial charge in [0.05, 0.1) is 0 Å². The summed E-state index contributed by atoms with van der Waals surface area (Å²) in [7, 11) is 0.324. The fourth-order valence-electron chi connectivity index (χ4n) is 0.375. The second-order valence-electron chi connectivity index (χ2n) is 4.12. The van der Waals surface area contributed by atoms with Gasteiger partial charge in [-0.3, -0.25) is 0 Å². The standard InChI is InChI=1S/C7H18Si2/c1-7(2,3)9(5,6)8-4/h1-6H3. The zero-order valence-corrected chi connectivity index (χ0v) is 9.50. The molecule has 0 amide bonds. The molecule has 0 heterocycles. The van der Waals surface area contributed by atoms with E-state index in [9.17, 15) is 0 Å². The molecule has 0 bridgehead atoms. The Morgan fingerprint density at radius 2 is 1.44 bits per heavy atom. The first-order chi connectivity index (χ1) is 3.81. The van der Waals surface area contributed by atoms with Crippen molar-refractivity contribution in [1.82, 2.24) is 0 Å². The van der Waals surface area contributed by atoms with Gasteiger partial charge >= 0.3 is 0 Å². The molecular weight excluding hydrogens is 140 g/mol. The summed E-state index contributed by atoms with van der Waals surface area (Å²) in [5, 5.41) is 0.597. The van der Waals surface area contributed by atoms with Crippen LogP contribution in [0.25, 0.3) is 0 Å². The van der Waals surface area contributed by atoms with E-state index in [-0.39, 0.29) is 0 Å². The number of hydrogen-bond acceptors (Lipinski definition) is 0. The summed E-state index contributed by atoms with van der Waals surface area (Å²) in [6.45, 7) is 14.4. The normalized spacial score (nSPS) is 14.0. The largest absolute Gasteiger partial charge is 0.0754 e. The van der Waals surface area contributed by atoms with Crippen LogP contribution in [-0.4, -0.2) is 16.6 Å². The Morgan fingerprint density at radius 3 is 1.44 bits per heavy atom. The Kier molecular flexibility index (Phi) is 2.71. The fourth-order valence-corrected chi connectivity index (χ4v) is 3.38. The Hall–Kier alpha value is 0.434. The quantitative estimate of drug-likeness (QED) is 0.515. The van der Waals surface area contributed by atoms with Crippen LogP contribution in [0.3, 0.4) is 0 Å². The minimum atomic E-state index is -0.851. The van der Waals surface area contributed by atoms with E-state index >= 15 is 0 Å². The van der Waals surface area contributed by atoms with Gasteiger partial charge in [-0.2, -0.15) is 0 Å². The lowest BCUT2D eigenvalue weighted by Crippen LogP contribution is -2.42. The van der Waals surface area contributed by atoms with Crippen LogP contribution in [0.1, 0.15) is 20.8 Å². The van der Waals surface area contributed by atoms with Crippen molar-refractivity contribution in [1.29, 1.82) is 0 Å². The summed E-state index contributed by atoms with van der Waals surface area (Å²) in [5.41, 5.74) is 0. The van der Waals surface area contributed by atoms with Gasteiger partial charge in [-0.1, -0.05) is 40.4 Å². The smallest absolute Gasteiger partial charge is 0.0407 e. The summed E-state index contributed by atoms with van der Waals surface area (Å²) in [5.74, 6) is 0. The molecule has 0 saturated carbocycles. The maximum absolute atomic E-state index is 2.48. The molecule has 54 valence electrons. The molecule has 0 rings (SSSR count). The summed E-state index contributed by atoms with van der Waals surface area (Å²) in [6, 6.07) is 0. The summed E-state index contributed by atoms with van der Waals surface area (Å²) >= 11 is 0. The van der Waals surface area contributed by atoms with Crippen molar-refractivity contribution >= 4 is 16.6 Å². The van der Waals surface area contributed by atoms with Crippen molar-refractivity contribution in [2.75, 3.05) is 0 Å². The minimum Gasteiger partial charge on any atom is -0.0754 e. The van der Waals surface area contributed by atoms with Crippen molar-refractivity contribution < 1.29 is 0 Å². The van der Waals surface area contributed by atoms with E-state index in [2.05, 4.69) is 40.4 Å². The molecule has 0 spiro atoms. The lowest BCUT2D eigenvalue weighted by molar-refractivity contribution is 0.734. The van der Waals surface area contributed by atoms with Crippen LogP contribution in [0.5, 0.6) is 0 Å². The third kappa shape index (κ3) is 2.26. The summed E-state index contributed by atoms with van der Waals surface area (Å²) in [6.07, 6.45) is 0. The van der Waals surface area contributed by atoms with Crippen LogP contribution in [0, 0.1) is 0 Å². The van der Waals surface area contributed by atoms with E-state index in [4.69, 9.17) is 0 Å². The first-order valence-corrected chi connectivity index (χ1v) is 9.00. The van der Waals surface area contributed by atoms with Gasteiger partial charge in [0.25, 0.3) is 0 Å². The highest BCUT2D eigenvalue weighted by atomic mass is 29.2. The van der Waals surface area contributed by atoms with Gasteiger partial charge in [0, 0.05) is 16.6 Å². The molecule has 0 atom stereocenters. The molecule has 0 aromatic heterocycles. The van der Waals surface area contributed by atoms with Gasteiger partial charge in [-0.15, -0.1) is 0 Å². The Balaban J connectivity index is 4.14. The van der Waals surface area contributed by atoms with E-state index in [1.807, 2.05) is 0 Å². The molecule has 0 saturated heterocycles. The van der Waals surface area contributed by atoms with E-state index < -0.39 is 7.59 Å². The van der Waals surface area contributed by atoms with Crippen LogP contribution < -0.4 is 0 Å². The molecule has 0 aliphatic rings. The predicted octanol–water partition coefficient (Wildman–Crippen LogP) is 2.74. The lowest BCUT2D eigenvalue weighted by Gasteiger charge is -2.35. The molecule has 0 aliphatic heterocycles. The van der Waals surface area contributed by atoms with Crippen molar-refractivity contribution in [3.8, 4) is 0 Å². The zero-order valence-electron chi connectivity index (χ0n) is 7.50. The third-order valence-corrected chi connectivity index (χ3v) is 13.5. The Labute approximate surface area is 62.7 Å². The average molecular weight is 158 g/mol. The van der Waals surface area contributed by atoms with Crippen LogP contribution in [-0.2, 0) is 0 Å². The molecule has 0 aromatic carbocycles. The Bertz CT molecular complexity index is 89.6. The van der Waals surface area contributed by atoms with Gasteiger partial charge in [0.2, 0.25) is 0 Å². The summed E-state index contributed by atoms with van der Waals surface area (Å²) in [4.78, 5) is 0. The minimum absolute atomic E-state index is 0.597. The monoisotopic (exact) mass is 158 g/mol. The Morgan fingerprint density at radius 1 is 1.11 bits per heavy atom. The maximum atomic E-state index is 2.48. The van der Waals surface area contributed by atoms with Crippen molar-refractivity contribution in [3.63, 3.8) is 0 Å². The van der Waals surface area contributed by atoms with Crippen LogP contribution in [0.2, 0.25) is 24.7 Å². The highest BCUT2D eigenvalue weighted by molar-refractivity contribution is 7.24. The molecule has 0 fully saturated rings. The predicted molar refractivity (Wildman–Crippen MR) is 48.8 cm³/mol. The molecule has 0 aromatic rings. The van der Waals surface area contributed by atoms with Gasteiger partial charge < -0.3 is 0 Å². The third-order valence-electron chi connectivity index (χ3n) is 2.50. The molecule has 2 heteroatoms. The van der Waals surface area contributed by atoms with Crippen LogP contribution in [0.4, 0.5) is 0 Å². The first-order valence-electron chi connectivity index (χ1n) is 3.50. The molecule has 2 radical (unpaired) electrons. The molecule has 0 unspecified atom stereocenters. The second kappa shape index (κ2) is 2.58. The van der Waals surface area contributed by atoms with Crippen molar-refractivity contribution in [2.24, 2.45) is 0 Å². The van der Waals surface area contributed by atoms with E-state index in [0.717, 1.165) is 0 Å². The van der Waals surface area contributed by atoms with Crippen molar-refractivity contribution in [3.05, 3.63) is 0 Å². The van der Waals surface area contributed by atoms with E-state index in [0.29, 0.717) is 5.04 Å². The average Bonchev–Trinajstić information content (AvgIpc) is 1.64. The van der Waals surface area contributed by atoms with Crippen LogP contribution >= 0.6 is 0 Å². The highest BCUT2D eigenvalue weighted by Gasteiger charge is 2.32. The second-order valence-corrected chi connectivity index (χ2v) is 14.6. The van der Waals surface area contributed by atoms with Gasteiger partial charge in [-0.25, -0.2) is 0 Å². The lowest BCUT2D eigenvalue weighted by atomic mass is 10.2. The van der Waals surface area contributed by atoms with E-state index in [1.165, 1.54) is 9.04 Å². The van der Waals surface area contributed by atoms with Crippen molar-refractivity contribution in [2.45, 2.75) is 45.5 Å². The van der Waals surface area contributed by atoms with E-state index in [1.54, 1.807) is 0 Å². The molecule has 9 heavy (non-hydrogen) atoms. The van der Waals surface area contributed by atoms with Gasteiger partial charge in [-0.05, 0) is 5.04 Å². The molecular formula is C7H18Si2. The topological polar surface area (TPSA) is 0 Å². The van der Waals surface area contributed by atoms with Gasteiger partial charge in [0.15, 0.2) is 0 Å². The molecule has 0 nitrogen and oxygen atoms in total.